The summed E-state index contributed by atoms with van der Waals surface area (Å²) in [5.41, 5.74) is 0. The lowest BCUT2D eigenvalue weighted by atomic mass is 9.90. The van der Waals surface area contributed by atoms with E-state index in [-0.39, 0.29) is 0 Å². The molecule has 2 aliphatic heterocycles. The van der Waals surface area contributed by atoms with Gasteiger partial charge >= 0.3 is 0 Å². The number of rotatable bonds is 2. The van der Waals surface area contributed by atoms with Gasteiger partial charge < -0.3 is 10.2 Å². The summed E-state index contributed by atoms with van der Waals surface area (Å²) in [6.07, 6.45) is 8.45. The number of likely N-dealkylation sites (tertiary alicyclic amines) is 1. The summed E-state index contributed by atoms with van der Waals surface area (Å²) in [5, 5.41) is 3.77. The van der Waals surface area contributed by atoms with Crippen LogP contribution >= 0.6 is 0 Å². The Morgan fingerprint density at radius 3 is 2.31 bits per heavy atom. The fraction of sp³-hybridized carbons (Fsp3) is 1.00. The Morgan fingerprint density at radius 2 is 1.69 bits per heavy atom. The van der Waals surface area contributed by atoms with Gasteiger partial charge in [-0.2, -0.15) is 0 Å². The first kappa shape index (κ1) is 12.4. The topological polar surface area (TPSA) is 15.3 Å². The summed E-state index contributed by atoms with van der Waals surface area (Å²) in [7, 11) is 0. The first-order valence-corrected chi connectivity index (χ1v) is 7.22. The van der Waals surface area contributed by atoms with Crippen molar-refractivity contribution in [3.63, 3.8) is 0 Å². The van der Waals surface area contributed by atoms with Gasteiger partial charge in [-0.15, -0.1) is 0 Å². The molecule has 3 atom stereocenters. The molecule has 2 aliphatic rings. The SMILES string of the molecule is CC1CC(C)NC(CN2CCCCCC2)C1. The van der Waals surface area contributed by atoms with Gasteiger partial charge in [0.25, 0.3) is 0 Å². The van der Waals surface area contributed by atoms with E-state index in [0.717, 1.165) is 18.0 Å². The van der Waals surface area contributed by atoms with Crippen molar-refractivity contribution in [1.82, 2.24) is 10.2 Å². The highest BCUT2D eigenvalue weighted by atomic mass is 15.2. The molecule has 0 bridgehead atoms. The third-order valence-electron chi connectivity index (χ3n) is 4.14. The molecule has 0 amide bonds. The maximum Gasteiger partial charge on any atom is 0.0200 e. The van der Waals surface area contributed by atoms with Crippen LogP contribution in [0.1, 0.15) is 52.4 Å². The maximum absolute atomic E-state index is 3.77. The highest BCUT2D eigenvalue weighted by molar-refractivity contribution is 4.84. The van der Waals surface area contributed by atoms with Crippen LogP contribution < -0.4 is 5.32 Å². The zero-order valence-corrected chi connectivity index (χ0v) is 11.0. The highest BCUT2D eigenvalue weighted by Crippen LogP contribution is 2.20. The van der Waals surface area contributed by atoms with Gasteiger partial charge in [-0.05, 0) is 51.6 Å². The van der Waals surface area contributed by atoms with Crippen LogP contribution in [-0.2, 0) is 0 Å². The number of piperidine rings is 1. The fourth-order valence-electron chi connectivity index (χ4n) is 3.48. The Morgan fingerprint density at radius 1 is 1.00 bits per heavy atom. The van der Waals surface area contributed by atoms with Crippen molar-refractivity contribution in [2.24, 2.45) is 5.92 Å². The number of hydrogen-bond donors (Lipinski definition) is 1. The second-order valence-corrected chi connectivity index (χ2v) is 6.06. The van der Waals surface area contributed by atoms with E-state index in [4.69, 9.17) is 0 Å². The van der Waals surface area contributed by atoms with Crippen LogP contribution in [0.2, 0.25) is 0 Å². The van der Waals surface area contributed by atoms with Crippen molar-refractivity contribution in [2.45, 2.75) is 64.5 Å². The molecule has 0 radical (unpaired) electrons. The molecular formula is C14H28N2. The zero-order chi connectivity index (χ0) is 11.4. The van der Waals surface area contributed by atoms with E-state index in [9.17, 15) is 0 Å². The molecule has 2 fully saturated rings. The minimum Gasteiger partial charge on any atom is -0.310 e. The van der Waals surface area contributed by atoms with Crippen LogP contribution in [0.15, 0.2) is 0 Å². The minimum absolute atomic E-state index is 0.723. The van der Waals surface area contributed by atoms with Gasteiger partial charge in [0.2, 0.25) is 0 Å². The molecule has 2 heterocycles. The molecule has 0 spiro atoms. The van der Waals surface area contributed by atoms with E-state index in [1.807, 2.05) is 0 Å². The third-order valence-corrected chi connectivity index (χ3v) is 4.14. The lowest BCUT2D eigenvalue weighted by molar-refractivity contribution is 0.190. The molecule has 3 unspecified atom stereocenters. The van der Waals surface area contributed by atoms with E-state index < -0.39 is 0 Å². The van der Waals surface area contributed by atoms with Gasteiger partial charge in [0.05, 0.1) is 0 Å². The predicted octanol–water partition coefficient (Wildman–Crippen LogP) is 2.64. The number of hydrogen-bond acceptors (Lipinski definition) is 2. The van der Waals surface area contributed by atoms with Crippen LogP contribution in [0.25, 0.3) is 0 Å². The first-order valence-electron chi connectivity index (χ1n) is 7.22. The molecule has 0 saturated carbocycles. The second kappa shape index (κ2) is 6.02. The molecule has 2 heteroatoms. The summed E-state index contributed by atoms with van der Waals surface area (Å²) in [6.45, 7) is 8.70. The summed E-state index contributed by atoms with van der Waals surface area (Å²) < 4.78 is 0. The lowest BCUT2D eigenvalue weighted by Crippen LogP contribution is -2.49. The van der Waals surface area contributed by atoms with Gasteiger partial charge in [-0.25, -0.2) is 0 Å². The largest absolute Gasteiger partial charge is 0.310 e. The van der Waals surface area contributed by atoms with Gasteiger partial charge in [0, 0.05) is 18.6 Å². The minimum atomic E-state index is 0.723. The molecule has 0 aromatic heterocycles. The van der Waals surface area contributed by atoms with Crippen LogP contribution in [0, 0.1) is 5.92 Å². The summed E-state index contributed by atoms with van der Waals surface area (Å²) in [5.74, 6) is 0.910. The van der Waals surface area contributed by atoms with Gasteiger partial charge in [-0.3, -0.25) is 0 Å². The van der Waals surface area contributed by atoms with E-state index in [0.29, 0.717) is 0 Å². The van der Waals surface area contributed by atoms with Gasteiger partial charge in [0.15, 0.2) is 0 Å². The third kappa shape index (κ3) is 3.74. The molecule has 0 aromatic carbocycles. The van der Waals surface area contributed by atoms with Gasteiger partial charge in [0.1, 0.15) is 0 Å². The van der Waals surface area contributed by atoms with Crippen molar-refractivity contribution in [1.29, 1.82) is 0 Å². The van der Waals surface area contributed by atoms with Crippen LogP contribution in [0.5, 0.6) is 0 Å². The van der Waals surface area contributed by atoms with Crippen molar-refractivity contribution in [3.05, 3.63) is 0 Å². The Kier molecular flexibility index (Phi) is 4.66. The molecule has 2 saturated heterocycles. The van der Waals surface area contributed by atoms with Crippen LogP contribution in [0.4, 0.5) is 0 Å². The van der Waals surface area contributed by atoms with Crippen molar-refractivity contribution >= 4 is 0 Å². The molecule has 2 nitrogen and oxygen atoms in total. The number of nitrogens with zero attached hydrogens (tertiary/aromatic N) is 1. The Bertz CT molecular complexity index is 187. The molecular weight excluding hydrogens is 196 g/mol. The van der Waals surface area contributed by atoms with E-state index in [1.165, 1.54) is 58.2 Å². The Labute approximate surface area is 101 Å². The maximum atomic E-state index is 3.77. The van der Waals surface area contributed by atoms with Crippen LogP contribution in [0.3, 0.4) is 0 Å². The number of nitrogens with one attached hydrogen (secondary N) is 1. The van der Waals surface area contributed by atoms with E-state index in [1.54, 1.807) is 0 Å². The zero-order valence-electron chi connectivity index (χ0n) is 11.0. The van der Waals surface area contributed by atoms with E-state index >= 15 is 0 Å². The summed E-state index contributed by atoms with van der Waals surface area (Å²) in [6, 6.07) is 1.47. The molecule has 0 aromatic rings. The fourth-order valence-corrected chi connectivity index (χ4v) is 3.48. The standard InChI is InChI=1S/C14H28N2/c1-12-9-13(2)15-14(10-12)11-16-7-5-3-4-6-8-16/h12-15H,3-11H2,1-2H3. The predicted molar refractivity (Wildman–Crippen MR) is 69.7 cm³/mol. The average Bonchev–Trinajstić information content (AvgIpc) is 2.44. The smallest absolute Gasteiger partial charge is 0.0200 e. The first-order chi connectivity index (χ1) is 7.74. The second-order valence-electron chi connectivity index (χ2n) is 6.06. The van der Waals surface area contributed by atoms with Gasteiger partial charge in [-0.1, -0.05) is 19.8 Å². The Hall–Kier alpha value is -0.0800. The molecule has 0 aliphatic carbocycles. The monoisotopic (exact) mass is 224 g/mol. The lowest BCUT2D eigenvalue weighted by Gasteiger charge is -2.36. The Balaban J connectivity index is 1.78. The quantitative estimate of drug-likeness (QED) is 0.776. The summed E-state index contributed by atoms with van der Waals surface area (Å²) in [4.78, 5) is 2.69. The molecule has 16 heavy (non-hydrogen) atoms. The highest BCUT2D eigenvalue weighted by Gasteiger charge is 2.24. The average molecular weight is 224 g/mol. The van der Waals surface area contributed by atoms with Crippen LogP contribution in [-0.4, -0.2) is 36.6 Å². The summed E-state index contributed by atoms with van der Waals surface area (Å²) >= 11 is 0. The van der Waals surface area contributed by atoms with E-state index in [2.05, 4.69) is 24.1 Å². The van der Waals surface area contributed by atoms with Crippen molar-refractivity contribution in [3.8, 4) is 0 Å². The molecule has 2 rings (SSSR count). The molecule has 1 N–H and O–H groups in total. The molecule has 94 valence electrons. The van der Waals surface area contributed by atoms with Crippen molar-refractivity contribution < 1.29 is 0 Å². The normalized spacial score (nSPS) is 38.2. The van der Waals surface area contributed by atoms with Crippen molar-refractivity contribution in [2.75, 3.05) is 19.6 Å².